The molecule has 0 aliphatic carbocycles. The monoisotopic (exact) mass is 173 g/mol. The van der Waals surface area contributed by atoms with Crippen molar-refractivity contribution in [1.82, 2.24) is 5.06 Å². The fraction of sp³-hybridized carbons (Fsp3) is 1.00. The van der Waals surface area contributed by atoms with Crippen molar-refractivity contribution in [2.24, 2.45) is 5.41 Å². The fourth-order valence-corrected chi connectivity index (χ4v) is 1.47. The van der Waals surface area contributed by atoms with Gasteiger partial charge in [0.05, 0.1) is 0 Å². The van der Waals surface area contributed by atoms with E-state index in [2.05, 4.69) is 27.7 Å². The molecule has 0 bridgehead atoms. The van der Waals surface area contributed by atoms with E-state index in [1.165, 1.54) is 5.06 Å². The molecule has 0 saturated carbocycles. The molecule has 0 rings (SSSR count). The summed E-state index contributed by atoms with van der Waals surface area (Å²) in [5.41, 5.74) is 0.241. The third kappa shape index (κ3) is 2.46. The number of rotatable bonds is 5. The molecular formula is C10H23NO. The van der Waals surface area contributed by atoms with E-state index in [9.17, 15) is 5.21 Å². The first-order valence-electron chi connectivity index (χ1n) is 4.97. The zero-order valence-electron chi connectivity index (χ0n) is 9.09. The first-order valence-corrected chi connectivity index (χ1v) is 4.97. The van der Waals surface area contributed by atoms with Gasteiger partial charge in [0.2, 0.25) is 0 Å². The SMILES string of the molecule is CCN(O)C(C)C(C)(CC)CC. The molecule has 2 nitrogen and oxygen atoms in total. The van der Waals surface area contributed by atoms with Crippen LogP contribution < -0.4 is 0 Å². The predicted octanol–water partition coefficient (Wildman–Crippen LogP) is 2.91. The smallest absolute Gasteiger partial charge is 0.0375 e. The van der Waals surface area contributed by atoms with Crippen molar-refractivity contribution < 1.29 is 5.21 Å². The largest absolute Gasteiger partial charge is 0.314 e. The van der Waals surface area contributed by atoms with Crippen molar-refractivity contribution in [1.29, 1.82) is 0 Å². The average Bonchev–Trinajstić information content (AvgIpc) is 2.14. The zero-order valence-corrected chi connectivity index (χ0v) is 9.09. The number of hydrogen-bond acceptors (Lipinski definition) is 2. The van der Waals surface area contributed by atoms with Gasteiger partial charge in [-0.2, -0.15) is 5.06 Å². The second kappa shape index (κ2) is 4.83. The van der Waals surface area contributed by atoms with Gasteiger partial charge in [0.15, 0.2) is 0 Å². The summed E-state index contributed by atoms with van der Waals surface area (Å²) < 4.78 is 0. The van der Waals surface area contributed by atoms with Crippen LogP contribution in [0, 0.1) is 5.41 Å². The van der Waals surface area contributed by atoms with E-state index >= 15 is 0 Å². The van der Waals surface area contributed by atoms with Gasteiger partial charge in [-0.1, -0.05) is 27.7 Å². The first-order chi connectivity index (χ1) is 5.51. The van der Waals surface area contributed by atoms with Gasteiger partial charge in [-0.25, -0.2) is 0 Å². The van der Waals surface area contributed by atoms with E-state index in [4.69, 9.17) is 0 Å². The lowest BCUT2D eigenvalue weighted by molar-refractivity contribution is -0.151. The van der Waals surface area contributed by atoms with Crippen LogP contribution in [-0.2, 0) is 0 Å². The quantitative estimate of drug-likeness (QED) is 0.646. The van der Waals surface area contributed by atoms with Gasteiger partial charge in [-0.3, -0.25) is 0 Å². The molecule has 0 aromatic carbocycles. The molecule has 0 saturated heterocycles. The Morgan fingerprint density at radius 1 is 1.25 bits per heavy atom. The minimum atomic E-state index is 0.241. The Kier molecular flexibility index (Phi) is 4.80. The molecule has 0 amide bonds. The van der Waals surface area contributed by atoms with Crippen LogP contribution in [-0.4, -0.2) is 22.9 Å². The molecule has 1 atom stereocenters. The Morgan fingerprint density at radius 2 is 1.67 bits per heavy atom. The highest BCUT2D eigenvalue weighted by molar-refractivity contribution is 4.81. The molecule has 0 spiro atoms. The molecule has 12 heavy (non-hydrogen) atoms. The Hall–Kier alpha value is -0.0800. The van der Waals surface area contributed by atoms with Crippen molar-refractivity contribution in [3.8, 4) is 0 Å². The lowest BCUT2D eigenvalue weighted by Crippen LogP contribution is -2.42. The second-order valence-corrected chi connectivity index (χ2v) is 3.79. The molecule has 74 valence electrons. The molecular weight excluding hydrogens is 150 g/mol. The van der Waals surface area contributed by atoms with E-state index in [0.717, 1.165) is 12.8 Å². The van der Waals surface area contributed by atoms with Gasteiger partial charge in [0, 0.05) is 12.6 Å². The minimum absolute atomic E-state index is 0.241. The maximum absolute atomic E-state index is 9.56. The molecule has 0 radical (unpaired) electrons. The molecule has 0 aliphatic heterocycles. The van der Waals surface area contributed by atoms with Crippen LogP contribution in [0.4, 0.5) is 0 Å². The van der Waals surface area contributed by atoms with Gasteiger partial charge in [-0.15, -0.1) is 0 Å². The minimum Gasteiger partial charge on any atom is -0.314 e. The summed E-state index contributed by atoms with van der Waals surface area (Å²) in [6.07, 6.45) is 2.23. The third-order valence-corrected chi connectivity index (χ3v) is 3.40. The van der Waals surface area contributed by atoms with Gasteiger partial charge in [0.25, 0.3) is 0 Å². The Labute approximate surface area is 76.5 Å². The Bertz CT molecular complexity index is 121. The van der Waals surface area contributed by atoms with E-state index < -0.39 is 0 Å². The maximum Gasteiger partial charge on any atom is 0.0375 e. The zero-order chi connectivity index (χ0) is 9.78. The van der Waals surface area contributed by atoms with Crippen LogP contribution in [0.1, 0.15) is 47.5 Å². The van der Waals surface area contributed by atoms with Gasteiger partial charge in [0.1, 0.15) is 0 Å². The van der Waals surface area contributed by atoms with Crippen molar-refractivity contribution in [2.45, 2.75) is 53.5 Å². The second-order valence-electron chi connectivity index (χ2n) is 3.79. The fourth-order valence-electron chi connectivity index (χ4n) is 1.47. The van der Waals surface area contributed by atoms with E-state index in [1.54, 1.807) is 0 Å². The van der Waals surface area contributed by atoms with Gasteiger partial charge >= 0.3 is 0 Å². The molecule has 1 N–H and O–H groups in total. The maximum atomic E-state index is 9.56. The van der Waals surface area contributed by atoms with Gasteiger partial charge in [-0.05, 0) is 25.2 Å². The molecule has 0 fully saturated rings. The van der Waals surface area contributed by atoms with E-state index in [1.807, 2.05) is 6.92 Å². The summed E-state index contributed by atoms with van der Waals surface area (Å²) in [7, 11) is 0. The highest BCUT2D eigenvalue weighted by Crippen LogP contribution is 2.32. The van der Waals surface area contributed by atoms with Crippen LogP contribution >= 0.6 is 0 Å². The summed E-state index contributed by atoms with van der Waals surface area (Å²) in [6.45, 7) is 11.4. The average molecular weight is 173 g/mol. The van der Waals surface area contributed by atoms with Crippen molar-refractivity contribution in [2.75, 3.05) is 6.54 Å². The highest BCUT2D eigenvalue weighted by atomic mass is 16.5. The predicted molar refractivity (Wildman–Crippen MR) is 52.3 cm³/mol. The van der Waals surface area contributed by atoms with Crippen molar-refractivity contribution in [3.05, 3.63) is 0 Å². The summed E-state index contributed by atoms with van der Waals surface area (Å²) in [6, 6.07) is 0.248. The topological polar surface area (TPSA) is 23.5 Å². The molecule has 1 unspecified atom stereocenters. The van der Waals surface area contributed by atoms with Crippen LogP contribution in [0.25, 0.3) is 0 Å². The lowest BCUT2D eigenvalue weighted by Gasteiger charge is -2.37. The Balaban J connectivity index is 4.29. The van der Waals surface area contributed by atoms with E-state index in [-0.39, 0.29) is 11.5 Å². The summed E-state index contributed by atoms with van der Waals surface area (Å²) in [4.78, 5) is 0. The number of hydroxylamine groups is 2. The van der Waals surface area contributed by atoms with E-state index in [0.29, 0.717) is 6.54 Å². The molecule has 0 aromatic heterocycles. The third-order valence-electron chi connectivity index (χ3n) is 3.40. The molecule has 0 heterocycles. The normalized spacial score (nSPS) is 15.2. The number of hydrogen-bond donors (Lipinski definition) is 1. The standard InChI is InChI=1S/C10H23NO/c1-6-10(5,7-2)9(4)11(12)8-3/h9,12H,6-8H2,1-5H3. The summed E-state index contributed by atoms with van der Waals surface area (Å²) >= 11 is 0. The molecule has 0 aromatic rings. The van der Waals surface area contributed by atoms with Crippen LogP contribution in [0.3, 0.4) is 0 Å². The lowest BCUT2D eigenvalue weighted by atomic mass is 9.78. The molecule has 2 heteroatoms. The summed E-state index contributed by atoms with van der Waals surface area (Å²) in [5, 5.41) is 11.0. The highest BCUT2D eigenvalue weighted by Gasteiger charge is 2.30. The van der Waals surface area contributed by atoms with Gasteiger partial charge < -0.3 is 5.21 Å². The first kappa shape index (κ1) is 11.9. The molecule has 0 aliphatic rings. The number of nitrogens with zero attached hydrogens (tertiary/aromatic N) is 1. The van der Waals surface area contributed by atoms with Crippen molar-refractivity contribution >= 4 is 0 Å². The summed E-state index contributed by atoms with van der Waals surface area (Å²) in [5.74, 6) is 0. The van der Waals surface area contributed by atoms with Crippen LogP contribution in [0.15, 0.2) is 0 Å². The van der Waals surface area contributed by atoms with Crippen LogP contribution in [0.2, 0.25) is 0 Å². The van der Waals surface area contributed by atoms with Crippen molar-refractivity contribution in [3.63, 3.8) is 0 Å². The van der Waals surface area contributed by atoms with Crippen LogP contribution in [0.5, 0.6) is 0 Å². The Morgan fingerprint density at radius 3 is 1.92 bits per heavy atom.